The van der Waals surface area contributed by atoms with Crippen molar-refractivity contribution in [1.29, 1.82) is 0 Å². The lowest BCUT2D eigenvalue weighted by molar-refractivity contribution is -0.142. The normalized spacial score (nSPS) is 17.8. The fourth-order valence-corrected chi connectivity index (χ4v) is 7.63. The minimum Gasteiger partial charge on any atom is -0.465 e. The average molecular weight is 732 g/mol. The van der Waals surface area contributed by atoms with Crippen LogP contribution in [0.4, 0.5) is 8.78 Å². The fraction of sp³-hybridized carbons (Fsp3) is 0.390. The van der Waals surface area contributed by atoms with Gasteiger partial charge in [0.1, 0.15) is 28.9 Å². The van der Waals surface area contributed by atoms with Gasteiger partial charge in [0.05, 0.1) is 12.2 Å². The molecule has 5 aromatic rings. The molecule has 11 heteroatoms. The average Bonchev–Trinajstić information content (AvgIpc) is 3.84. The van der Waals surface area contributed by atoms with Gasteiger partial charge in [-0.25, -0.2) is 13.8 Å². The number of aromatic nitrogens is 3. The maximum Gasteiger partial charge on any atom is 0.319 e. The number of esters is 1. The second-order valence-electron chi connectivity index (χ2n) is 12.9. The Labute approximate surface area is 308 Å². The number of rotatable bonds is 7. The maximum atomic E-state index is 15.8. The van der Waals surface area contributed by atoms with E-state index in [0.717, 1.165) is 66.5 Å². The highest BCUT2D eigenvalue weighted by atomic mass is 32.2. The lowest BCUT2D eigenvalue weighted by Gasteiger charge is -2.30. The highest BCUT2D eigenvalue weighted by Crippen LogP contribution is 2.40. The summed E-state index contributed by atoms with van der Waals surface area (Å²) in [5.41, 5.74) is 3.81. The number of aromatic amines is 2. The highest BCUT2D eigenvalue weighted by Gasteiger charge is 2.32. The van der Waals surface area contributed by atoms with Gasteiger partial charge < -0.3 is 29.0 Å². The van der Waals surface area contributed by atoms with Gasteiger partial charge in [-0.2, -0.15) is 0 Å². The van der Waals surface area contributed by atoms with Crippen molar-refractivity contribution in [2.75, 3.05) is 26.1 Å². The largest absolute Gasteiger partial charge is 0.465 e. The number of aldehydes is 1. The molecule has 2 aromatic heterocycles. The lowest BCUT2D eigenvalue weighted by atomic mass is 9.75. The van der Waals surface area contributed by atoms with Crippen LogP contribution in [0.2, 0.25) is 0 Å². The number of nitrogens with zero attached hydrogens (tertiary/aromatic N) is 1. The number of benzene rings is 3. The zero-order valence-corrected chi connectivity index (χ0v) is 31.0. The summed E-state index contributed by atoms with van der Waals surface area (Å²) in [6.07, 6.45) is 9.16. The van der Waals surface area contributed by atoms with Crippen molar-refractivity contribution in [3.05, 3.63) is 101 Å². The first-order valence-corrected chi connectivity index (χ1v) is 18.9. The zero-order chi connectivity index (χ0) is 37.1. The Morgan fingerprint density at radius 2 is 1.90 bits per heavy atom. The van der Waals surface area contributed by atoms with Crippen LogP contribution in [0.3, 0.4) is 0 Å². The number of carbonyl (C=O) groups is 2. The third kappa shape index (κ3) is 9.11. The lowest BCUT2D eigenvalue weighted by Crippen LogP contribution is -2.25. The molecule has 0 spiro atoms. The summed E-state index contributed by atoms with van der Waals surface area (Å²) in [5, 5.41) is 0.164. The number of imidazole rings is 1. The molecular formula is C41H47F2N3O5S. The molecule has 2 atom stereocenters. The van der Waals surface area contributed by atoms with Gasteiger partial charge in [-0.15, -0.1) is 11.8 Å². The van der Waals surface area contributed by atoms with Crippen molar-refractivity contribution < 1.29 is 32.6 Å². The molecule has 0 saturated heterocycles. The van der Waals surface area contributed by atoms with E-state index in [1.54, 1.807) is 26.4 Å². The van der Waals surface area contributed by atoms with E-state index in [9.17, 15) is 9.59 Å². The number of aryl methyl sites for hydroxylation is 1. The molecule has 3 heterocycles. The van der Waals surface area contributed by atoms with E-state index in [0.29, 0.717) is 29.7 Å². The Morgan fingerprint density at radius 3 is 2.67 bits per heavy atom. The third-order valence-electron chi connectivity index (χ3n) is 9.43. The van der Waals surface area contributed by atoms with E-state index in [1.165, 1.54) is 36.0 Å². The fourth-order valence-electron chi connectivity index (χ4n) is 6.49. The minimum atomic E-state index is -0.598. The molecule has 2 N–H and O–H groups in total. The third-order valence-corrected chi connectivity index (χ3v) is 10.7. The summed E-state index contributed by atoms with van der Waals surface area (Å²) in [7, 11) is 1.68. The predicted molar refractivity (Wildman–Crippen MR) is 202 cm³/mol. The molecule has 6 rings (SSSR count). The van der Waals surface area contributed by atoms with Crippen molar-refractivity contribution in [3.63, 3.8) is 0 Å². The number of halogens is 2. The number of carbonyl (C=O) groups excluding carboxylic acids is 2. The van der Waals surface area contributed by atoms with E-state index in [2.05, 4.69) is 38.7 Å². The molecule has 1 aliphatic heterocycles. The van der Waals surface area contributed by atoms with Crippen molar-refractivity contribution in [2.45, 2.75) is 76.4 Å². The summed E-state index contributed by atoms with van der Waals surface area (Å²) in [5.74, 6) is -0.189. The van der Waals surface area contributed by atoms with Gasteiger partial charge in [0, 0.05) is 66.2 Å². The number of thioether (sulfide) groups is 1. The van der Waals surface area contributed by atoms with E-state index in [1.807, 2.05) is 25.1 Å². The quantitative estimate of drug-likeness (QED) is 0.127. The highest BCUT2D eigenvalue weighted by molar-refractivity contribution is 8.00. The van der Waals surface area contributed by atoms with Crippen LogP contribution in [0.25, 0.3) is 22.3 Å². The molecule has 4 bridgehead atoms. The van der Waals surface area contributed by atoms with Crippen LogP contribution in [-0.4, -0.2) is 58.5 Å². The molecule has 3 aromatic carbocycles. The first-order chi connectivity index (χ1) is 25.2. The Balaban J connectivity index is 0.00000124. The van der Waals surface area contributed by atoms with Crippen LogP contribution < -0.4 is 4.74 Å². The Morgan fingerprint density at radius 1 is 1.08 bits per heavy atom. The van der Waals surface area contributed by atoms with Gasteiger partial charge in [-0.1, -0.05) is 37.1 Å². The smallest absolute Gasteiger partial charge is 0.319 e. The monoisotopic (exact) mass is 731 g/mol. The Hall–Kier alpha value is -4.48. The van der Waals surface area contributed by atoms with Crippen molar-refractivity contribution in [2.24, 2.45) is 0 Å². The summed E-state index contributed by atoms with van der Waals surface area (Å²) in [6, 6.07) is 15.7. The first-order valence-electron chi connectivity index (χ1n) is 17.8. The zero-order valence-electron chi connectivity index (χ0n) is 30.2. The van der Waals surface area contributed by atoms with Crippen molar-refractivity contribution >= 4 is 34.9 Å². The molecule has 0 aliphatic carbocycles. The van der Waals surface area contributed by atoms with Gasteiger partial charge in [-0.3, -0.25) is 4.79 Å². The predicted octanol–water partition coefficient (Wildman–Crippen LogP) is 9.50. The van der Waals surface area contributed by atoms with Crippen LogP contribution in [0.1, 0.15) is 75.3 Å². The molecule has 52 heavy (non-hydrogen) atoms. The maximum absolute atomic E-state index is 15.8. The van der Waals surface area contributed by atoms with E-state index < -0.39 is 22.3 Å². The van der Waals surface area contributed by atoms with Gasteiger partial charge >= 0.3 is 5.97 Å². The first kappa shape index (κ1) is 38.7. The number of nitrogens with one attached hydrogen (secondary N) is 2. The number of ether oxygens (including phenoxy) is 3. The summed E-state index contributed by atoms with van der Waals surface area (Å²) in [6.45, 7) is 6.95. The summed E-state index contributed by atoms with van der Waals surface area (Å²) >= 11 is 1.51. The van der Waals surface area contributed by atoms with Gasteiger partial charge in [-0.05, 0) is 87.6 Å². The topological polar surface area (TPSA) is 106 Å². The summed E-state index contributed by atoms with van der Waals surface area (Å²) < 4.78 is 47.4. The van der Waals surface area contributed by atoms with Crippen molar-refractivity contribution in [1.82, 2.24) is 15.0 Å². The number of hydrogen-bond donors (Lipinski definition) is 2. The summed E-state index contributed by atoms with van der Waals surface area (Å²) in [4.78, 5) is 35.4. The van der Waals surface area contributed by atoms with Gasteiger partial charge in [0.15, 0.2) is 11.6 Å². The van der Waals surface area contributed by atoms with Crippen LogP contribution in [0.5, 0.6) is 11.5 Å². The van der Waals surface area contributed by atoms with Crippen LogP contribution in [0.15, 0.2) is 67.0 Å². The van der Waals surface area contributed by atoms with Crippen LogP contribution in [-0.2, 0) is 37.3 Å². The second-order valence-corrected chi connectivity index (χ2v) is 14.2. The SMILES string of the molecule is CCOC.CCOC(=O)C1Cc2c(c(F)cc3[nH]ccc23)Oc2ccc(F)c(c2)-c2ncc([nH]2)C(C)(c2cccc(CCC=O)c2)CCCCCS1. The molecule has 0 saturated carbocycles. The van der Waals surface area contributed by atoms with Crippen molar-refractivity contribution in [3.8, 4) is 22.9 Å². The molecule has 2 unspecified atom stereocenters. The van der Waals surface area contributed by atoms with E-state index >= 15 is 8.78 Å². The standard InChI is InChI=1S/C38H39F2N3O4S.C3H8O/c1-3-46-37(45)33-21-28-27-14-16-41-32(27)22-31(40)35(28)47-26-12-13-30(39)29(20-26)36-42-23-34(43-36)38(2,15-5-4-6-18-48-33)25-11-7-9-24(19-25)10-8-17-44;1-3-4-2/h7,9,11-14,16-17,19-20,22-23,33,41H,3-6,8,10,15,18,21H2,1-2H3,(H,42,43);3H2,1-2H3. The van der Waals surface area contributed by atoms with E-state index in [-0.39, 0.29) is 36.1 Å². The number of H-pyrrole nitrogens is 2. The number of hydrogen-bond acceptors (Lipinski definition) is 7. The molecular weight excluding hydrogens is 685 g/mol. The Bertz CT molecular complexity index is 1960. The van der Waals surface area contributed by atoms with Gasteiger partial charge in [0.2, 0.25) is 0 Å². The van der Waals surface area contributed by atoms with E-state index in [4.69, 9.17) is 9.47 Å². The molecule has 276 valence electrons. The van der Waals surface area contributed by atoms with Crippen LogP contribution in [0, 0.1) is 11.6 Å². The van der Waals surface area contributed by atoms with Gasteiger partial charge in [0.25, 0.3) is 0 Å². The number of fused-ring (bicyclic) bond motifs is 8. The molecule has 8 nitrogen and oxygen atoms in total. The Kier molecular flexibility index (Phi) is 13.7. The minimum absolute atomic E-state index is 0.0159. The van der Waals surface area contributed by atoms with Crippen LogP contribution >= 0.6 is 11.8 Å². The second kappa shape index (κ2) is 18.3. The molecule has 1 aliphatic rings. The molecule has 0 fully saturated rings. The molecule has 0 radical (unpaired) electrons. The number of methoxy groups -OCH3 is 1. The molecule has 0 amide bonds.